The number of aromatic nitrogens is 2. The number of hydrogen-bond donors (Lipinski definition) is 1. The quantitative estimate of drug-likeness (QED) is 0.851. The standard InChI is InChI=1S/C13H19ClN4O2/c1-9-12(14)16-10(2)17-13(9)15-4-3-11(19)18-5-7-20-8-6-18/h3-8H2,1-2H3,(H,15,16,17). The molecule has 0 bridgehead atoms. The highest BCUT2D eigenvalue weighted by atomic mass is 35.5. The van der Waals surface area contributed by atoms with Gasteiger partial charge in [0.1, 0.15) is 16.8 Å². The Kier molecular flexibility index (Phi) is 5.14. The van der Waals surface area contributed by atoms with E-state index in [1.807, 2.05) is 11.8 Å². The summed E-state index contributed by atoms with van der Waals surface area (Å²) in [6.45, 7) is 6.78. The minimum atomic E-state index is 0.135. The lowest BCUT2D eigenvalue weighted by Gasteiger charge is -2.26. The molecule has 2 rings (SSSR count). The lowest BCUT2D eigenvalue weighted by molar-refractivity contribution is -0.134. The summed E-state index contributed by atoms with van der Waals surface area (Å²) in [4.78, 5) is 22.2. The Labute approximate surface area is 123 Å². The summed E-state index contributed by atoms with van der Waals surface area (Å²) >= 11 is 6.00. The van der Waals surface area contributed by atoms with Crippen LogP contribution in [0.15, 0.2) is 0 Å². The molecule has 0 spiro atoms. The Morgan fingerprint density at radius 3 is 2.75 bits per heavy atom. The zero-order valence-electron chi connectivity index (χ0n) is 11.8. The van der Waals surface area contributed by atoms with Crippen molar-refractivity contribution in [3.05, 3.63) is 16.5 Å². The molecule has 1 N–H and O–H groups in total. The molecule has 1 aliphatic rings. The van der Waals surface area contributed by atoms with Crippen LogP contribution in [0.3, 0.4) is 0 Å². The molecule has 0 saturated carbocycles. The molecule has 0 aliphatic carbocycles. The van der Waals surface area contributed by atoms with Crippen molar-refractivity contribution in [1.29, 1.82) is 0 Å². The minimum absolute atomic E-state index is 0.135. The minimum Gasteiger partial charge on any atom is -0.378 e. The second-order valence-electron chi connectivity index (χ2n) is 4.71. The van der Waals surface area contributed by atoms with E-state index in [9.17, 15) is 4.79 Å². The smallest absolute Gasteiger partial charge is 0.224 e. The van der Waals surface area contributed by atoms with E-state index in [2.05, 4.69) is 15.3 Å². The number of morpholine rings is 1. The average molecular weight is 299 g/mol. The van der Waals surface area contributed by atoms with Crippen LogP contribution in [0.4, 0.5) is 5.82 Å². The zero-order valence-corrected chi connectivity index (χ0v) is 12.5. The number of halogens is 1. The molecule has 110 valence electrons. The van der Waals surface area contributed by atoms with E-state index in [1.54, 1.807) is 6.92 Å². The highest BCUT2D eigenvalue weighted by Crippen LogP contribution is 2.19. The van der Waals surface area contributed by atoms with E-state index in [1.165, 1.54) is 0 Å². The maximum absolute atomic E-state index is 12.0. The lowest BCUT2D eigenvalue weighted by Crippen LogP contribution is -2.41. The van der Waals surface area contributed by atoms with Gasteiger partial charge in [0.25, 0.3) is 0 Å². The molecule has 1 fully saturated rings. The van der Waals surface area contributed by atoms with Crippen LogP contribution in [-0.2, 0) is 9.53 Å². The largest absolute Gasteiger partial charge is 0.378 e. The first-order chi connectivity index (χ1) is 9.58. The predicted molar refractivity (Wildman–Crippen MR) is 77.0 cm³/mol. The van der Waals surface area contributed by atoms with E-state index in [0.717, 1.165) is 5.56 Å². The molecule has 1 aliphatic heterocycles. The highest BCUT2D eigenvalue weighted by Gasteiger charge is 2.16. The number of rotatable bonds is 4. The van der Waals surface area contributed by atoms with Gasteiger partial charge < -0.3 is 15.0 Å². The number of amides is 1. The van der Waals surface area contributed by atoms with Gasteiger partial charge in [-0.05, 0) is 13.8 Å². The fourth-order valence-electron chi connectivity index (χ4n) is 2.03. The van der Waals surface area contributed by atoms with Crippen LogP contribution in [0.1, 0.15) is 17.8 Å². The predicted octanol–water partition coefficient (Wildman–Crippen LogP) is 1.41. The first-order valence-corrected chi connectivity index (χ1v) is 7.06. The number of nitrogens with zero attached hydrogens (tertiary/aromatic N) is 3. The Balaban J connectivity index is 1.85. The van der Waals surface area contributed by atoms with Crippen molar-refractivity contribution in [2.45, 2.75) is 20.3 Å². The lowest BCUT2D eigenvalue weighted by atomic mass is 10.3. The van der Waals surface area contributed by atoms with Gasteiger partial charge in [-0.2, -0.15) is 0 Å². The molecule has 2 heterocycles. The molecule has 0 atom stereocenters. The highest BCUT2D eigenvalue weighted by molar-refractivity contribution is 6.30. The van der Waals surface area contributed by atoms with E-state index in [4.69, 9.17) is 16.3 Å². The summed E-state index contributed by atoms with van der Waals surface area (Å²) in [5.74, 6) is 1.44. The van der Waals surface area contributed by atoms with Gasteiger partial charge in [-0.3, -0.25) is 4.79 Å². The summed E-state index contributed by atoms with van der Waals surface area (Å²) < 4.78 is 5.22. The summed E-state index contributed by atoms with van der Waals surface area (Å²) in [7, 11) is 0. The van der Waals surface area contributed by atoms with Crippen molar-refractivity contribution in [2.75, 3.05) is 38.2 Å². The molecule has 6 nitrogen and oxygen atoms in total. The SMILES string of the molecule is Cc1nc(Cl)c(C)c(NCCC(=O)N2CCOCC2)n1. The third kappa shape index (κ3) is 3.80. The van der Waals surface area contributed by atoms with Crippen molar-refractivity contribution in [2.24, 2.45) is 0 Å². The molecule has 0 aromatic carbocycles. The zero-order chi connectivity index (χ0) is 14.5. The van der Waals surface area contributed by atoms with E-state index in [0.29, 0.717) is 56.1 Å². The van der Waals surface area contributed by atoms with Gasteiger partial charge in [-0.1, -0.05) is 11.6 Å². The third-order valence-electron chi connectivity index (χ3n) is 3.19. The fraction of sp³-hybridized carbons (Fsp3) is 0.615. The Bertz CT molecular complexity index is 490. The second-order valence-corrected chi connectivity index (χ2v) is 5.06. The van der Waals surface area contributed by atoms with Gasteiger partial charge in [0.2, 0.25) is 5.91 Å². The van der Waals surface area contributed by atoms with Gasteiger partial charge >= 0.3 is 0 Å². The summed E-state index contributed by atoms with van der Waals surface area (Å²) in [5.41, 5.74) is 0.802. The molecule has 0 radical (unpaired) electrons. The Morgan fingerprint density at radius 1 is 1.35 bits per heavy atom. The normalized spacial score (nSPS) is 15.2. The van der Waals surface area contributed by atoms with Crippen molar-refractivity contribution < 1.29 is 9.53 Å². The number of carbonyl (C=O) groups is 1. The first-order valence-electron chi connectivity index (χ1n) is 6.68. The van der Waals surface area contributed by atoms with E-state index >= 15 is 0 Å². The van der Waals surface area contributed by atoms with Crippen LogP contribution in [0.5, 0.6) is 0 Å². The van der Waals surface area contributed by atoms with Gasteiger partial charge in [-0.25, -0.2) is 9.97 Å². The van der Waals surface area contributed by atoms with Crippen LogP contribution in [0.25, 0.3) is 0 Å². The summed E-state index contributed by atoms with van der Waals surface area (Å²) in [5, 5.41) is 3.59. The number of carbonyl (C=O) groups excluding carboxylic acids is 1. The number of nitrogens with one attached hydrogen (secondary N) is 1. The number of aryl methyl sites for hydroxylation is 1. The number of hydrogen-bond acceptors (Lipinski definition) is 5. The maximum Gasteiger partial charge on any atom is 0.224 e. The monoisotopic (exact) mass is 298 g/mol. The Hall–Kier alpha value is -1.40. The van der Waals surface area contributed by atoms with Crippen molar-refractivity contribution in [1.82, 2.24) is 14.9 Å². The van der Waals surface area contributed by atoms with Gasteiger partial charge in [0, 0.05) is 31.6 Å². The third-order valence-corrected chi connectivity index (χ3v) is 3.56. The van der Waals surface area contributed by atoms with Gasteiger partial charge in [0.05, 0.1) is 13.2 Å². The topological polar surface area (TPSA) is 67.4 Å². The van der Waals surface area contributed by atoms with Crippen molar-refractivity contribution in [3.8, 4) is 0 Å². The molecular weight excluding hydrogens is 280 g/mol. The average Bonchev–Trinajstić information content (AvgIpc) is 2.44. The number of anilines is 1. The molecular formula is C13H19ClN4O2. The van der Waals surface area contributed by atoms with Crippen LogP contribution in [-0.4, -0.2) is 53.6 Å². The fourth-order valence-corrected chi connectivity index (χ4v) is 2.24. The van der Waals surface area contributed by atoms with Crippen LogP contribution < -0.4 is 5.32 Å². The van der Waals surface area contributed by atoms with Gasteiger partial charge in [0.15, 0.2) is 0 Å². The molecule has 1 aromatic rings. The second kappa shape index (κ2) is 6.85. The van der Waals surface area contributed by atoms with Crippen LogP contribution in [0, 0.1) is 13.8 Å². The van der Waals surface area contributed by atoms with E-state index in [-0.39, 0.29) is 5.91 Å². The molecule has 1 saturated heterocycles. The van der Waals surface area contributed by atoms with Crippen molar-refractivity contribution >= 4 is 23.3 Å². The molecule has 7 heteroatoms. The summed E-state index contributed by atoms with van der Waals surface area (Å²) in [6.07, 6.45) is 0.431. The molecule has 1 aromatic heterocycles. The van der Waals surface area contributed by atoms with E-state index < -0.39 is 0 Å². The van der Waals surface area contributed by atoms with Crippen LogP contribution in [0.2, 0.25) is 5.15 Å². The Morgan fingerprint density at radius 2 is 2.05 bits per heavy atom. The summed E-state index contributed by atoms with van der Waals surface area (Å²) in [6, 6.07) is 0. The molecule has 1 amide bonds. The number of ether oxygens (including phenoxy) is 1. The first kappa shape index (κ1) is 15.0. The maximum atomic E-state index is 12.0. The molecule has 0 unspecified atom stereocenters. The van der Waals surface area contributed by atoms with Crippen LogP contribution >= 0.6 is 11.6 Å². The molecule has 20 heavy (non-hydrogen) atoms. The van der Waals surface area contributed by atoms with Gasteiger partial charge in [-0.15, -0.1) is 0 Å². The van der Waals surface area contributed by atoms with Crippen molar-refractivity contribution in [3.63, 3.8) is 0 Å².